The summed E-state index contributed by atoms with van der Waals surface area (Å²) in [4.78, 5) is 15.2. The fourth-order valence-electron chi connectivity index (χ4n) is 4.13. The van der Waals surface area contributed by atoms with Gasteiger partial charge in [-0.25, -0.2) is 8.42 Å². The molecule has 1 atom stereocenters. The zero-order chi connectivity index (χ0) is 21.7. The second-order valence-corrected chi connectivity index (χ2v) is 9.61. The first-order valence-electron chi connectivity index (χ1n) is 10.5. The molecule has 1 N–H and O–H groups in total. The van der Waals surface area contributed by atoms with Gasteiger partial charge in [0, 0.05) is 24.7 Å². The van der Waals surface area contributed by atoms with Crippen LogP contribution in [0.5, 0.6) is 0 Å². The highest BCUT2D eigenvalue weighted by molar-refractivity contribution is 7.92. The van der Waals surface area contributed by atoms with Gasteiger partial charge in [0.25, 0.3) is 5.91 Å². The van der Waals surface area contributed by atoms with Gasteiger partial charge in [-0.05, 0) is 55.3 Å². The predicted octanol–water partition coefficient (Wildman–Crippen LogP) is 2.69. The van der Waals surface area contributed by atoms with Gasteiger partial charge in [0.05, 0.1) is 11.9 Å². The number of sulfonamides is 1. The molecule has 2 aromatic carbocycles. The molecule has 162 valence electrons. The molecule has 3 rings (SSSR count). The van der Waals surface area contributed by atoms with Crippen molar-refractivity contribution in [1.29, 1.82) is 0 Å². The average Bonchev–Trinajstić information content (AvgIpc) is 3.17. The molecule has 0 saturated carbocycles. The highest BCUT2D eigenvalue weighted by Gasteiger charge is 2.27. The van der Waals surface area contributed by atoms with Gasteiger partial charge in [-0.1, -0.05) is 44.2 Å². The van der Waals surface area contributed by atoms with Crippen LogP contribution >= 0.6 is 0 Å². The van der Waals surface area contributed by atoms with Crippen molar-refractivity contribution in [1.82, 2.24) is 10.2 Å². The minimum absolute atomic E-state index is 0.124. The van der Waals surface area contributed by atoms with Crippen LogP contribution in [0.4, 0.5) is 5.69 Å². The van der Waals surface area contributed by atoms with Gasteiger partial charge in [-0.15, -0.1) is 0 Å². The number of nitrogens with zero attached hydrogens (tertiary/aromatic N) is 2. The Hall–Kier alpha value is -2.38. The van der Waals surface area contributed by atoms with Crippen molar-refractivity contribution >= 4 is 21.6 Å². The smallest absolute Gasteiger partial charge is 0.251 e. The molecule has 1 amide bonds. The Morgan fingerprint density at radius 3 is 2.47 bits per heavy atom. The lowest BCUT2D eigenvalue weighted by Crippen LogP contribution is -2.45. The van der Waals surface area contributed by atoms with Gasteiger partial charge in [-0.3, -0.25) is 14.0 Å². The van der Waals surface area contributed by atoms with Crippen LogP contribution in [0.2, 0.25) is 0 Å². The molecule has 6 nitrogen and oxygen atoms in total. The molecule has 0 radical (unpaired) electrons. The molecule has 0 spiro atoms. The maximum absolute atomic E-state index is 12.8. The highest BCUT2D eigenvalue weighted by atomic mass is 32.2. The Labute approximate surface area is 179 Å². The van der Waals surface area contributed by atoms with E-state index in [1.165, 1.54) is 16.1 Å². The van der Waals surface area contributed by atoms with E-state index in [0.717, 1.165) is 25.1 Å². The molecule has 0 fully saturated rings. The van der Waals surface area contributed by atoms with Gasteiger partial charge >= 0.3 is 0 Å². The van der Waals surface area contributed by atoms with Crippen LogP contribution < -0.4 is 9.62 Å². The molecular formula is C23H31N3O3S. The first kappa shape index (κ1) is 22.3. The number of amides is 1. The summed E-state index contributed by atoms with van der Waals surface area (Å²) in [5, 5.41) is 3.09. The molecule has 1 aliphatic heterocycles. The summed E-state index contributed by atoms with van der Waals surface area (Å²) in [5.41, 5.74) is 3.40. The molecular weight excluding hydrogens is 398 g/mol. The molecule has 1 aliphatic rings. The van der Waals surface area contributed by atoms with E-state index in [-0.39, 0.29) is 11.9 Å². The van der Waals surface area contributed by atoms with Gasteiger partial charge in [-0.2, -0.15) is 0 Å². The normalized spacial score (nSPS) is 14.6. The maximum atomic E-state index is 12.8. The first-order chi connectivity index (χ1) is 14.3. The third-order valence-electron chi connectivity index (χ3n) is 5.74. The Morgan fingerprint density at radius 1 is 1.13 bits per heavy atom. The van der Waals surface area contributed by atoms with E-state index in [9.17, 15) is 13.2 Å². The molecule has 30 heavy (non-hydrogen) atoms. The first-order valence-corrected chi connectivity index (χ1v) is 12.3. The van der Waals surface area contributed by atoms with E-state index in [4.69, 9.17) is 0 Å². The monoisotopic (exact) mass is 429 g/mol. The summed E-state index contributed by atoms with van der Waals surface area (Å²) in [6.45, 7) is 7.10. The largest absolute Gasteiger partial charge is 0.350 e. The number of anilines is 1. The van der Waals surface area contributed by atoms with Crippen LogP contribution in [-0.2, 0) is 22.9 Å². The topological polar surface area (TPSA) is 69.7 Å². The number of rotatable bonds is 9. The number of hydrogen-bond acceptors (Lipinski definition) is 4. The minimum atomic E-state index is -3.29. The van der Waals surface area contributed by atoms with E-state index in [1.54, 1.807) is 12.1 Å². The fraction of sp³-hybridized carbons (Fsp3) is 0.435. The molecule has 0 saturated heterocycles. The Kier molecular flexibility index (Phi) is 7.15. The van der Waals surface area contributed by atoms with Crippen molar-refractivity contribution in [3.05, 3.63) is 65.2 Å². The molecule has 7 heteroatoms. The lowest BCUT2D eigenvalue weighted by atomic mass is 10.0. The van der Waals surface area contributed by atoms with Crippen LogP contribution in [0.3, 0.4) is 0 Å². The second kappa shape index (κ2) is 9.62. The number of fused-ring (bicyclic) bond motifs is 1. The zero-order valence-corrected chi connectivity index (χ0v) is 18.8. The number of hydrogen-bond donors (Lipinski definition) is 1. The van der Waals surface area contributed by atoms with E-state index < -0.39 is 10.0 Å². The van der Waals surface area contributed by atoms with Crippen molar-refractivity contribution in [2.45, 2.75) is 32.7 Å². The molecule has 1 heterocycles. The van der Waals surface area contributed by atoms with Crippen molar-refractivity contribution in [2.24, 2.45) is 0 Å². The van der Waals surface area contributed by atoms with E-state index in [0.29, 0.717) is 30.8 Å². The number of likely N-dealkylation sites (N-methyl/N-ethyl adjacent to an activating group) is 1. The van der Waals surface area contributed by atoms with Crippen LogP contribution in [-0.4, -0.2) is 57.7 Å². The molecule has 0 bridgehead atoms. The summed E-state index contributed by atoms with van der Waals surface area (Å²) in [6.07, 6.45) is 2.71. The average molecular weight is 430 g/mol. The Balaban J connectivity index is 1.69. The molecule has 0 aromatic heterocycles. The zero-order valence-electron chi connectivity index (χ0n) is 18.0. The summed E-state index contributed by atoms with van der Waals surface area (Å²) in [6, 6.07) is 15.8. The van der Waals surface area contributed by atoms with Crippen LogP contribution in [0.25, 0.3) is 0 Å². The lowest BCUT2D eigenvalue weighted by molar-refractivity contribution is 0.0934. The predicted molar refractivity (Wildman–Crippen MR) is 122 cm³/mol. The molecule has 1 unspecified atom stereocenters. The Morgan fingerprint density at radius 2 is 1.83 bits per heavy atom. The SMILES string of the molecule is CCN(CC)C(CNC(=O)c1ccc2c(c1)CCN2S(C)(=O)=O)Cc1ccccc1. The number of nitrogens with one attached hydrogen (secondary N) is 1. The van der Waals surface area contributed by atoms with Crippen molar-refractivity contribution in [2.75, 3.05) is 36.7 Å². The lowest BCUT2D eigenvalue weighted by Gasteiger charge is -2.30. The van der Waals surface area contributed by atoms with Crippen molar-refractivity contribution in [3.8, 4) is 0 Å². The maximum Gasteiger partial charge on any atom is 0.251 e. The van der Waals surface area contributed by atoms with Crippen LogP contribution in [0, 0.1) is 0 Å². The summed E-state index contributed by atoms with van der Waals surface area (Å²) < 4.78 is 25.2. The summed E-state index contributed by atoms with van der Waals surface area (Å²) >= 11 is 0. The standard InChI is InChI=1S/C23H31N3O3S/c1-4-25(5-2)21(15-18-9-7-6-8-10-18)17-24-23(27)20-11-12-22-19(16-20)13-14-26(22)30(3,28)29/h6-12,16,21H,4-5,13-15,17H2,1-3H3,(H,24,27). The summed E-state index contributed by atoms with van der Waals surface area (Å²) in [5.74, 6) is -0.124. The summed E-state index contributed by atoms with van der Waals surface area (Å²) in [7, 11) is -3.29. The number of benzene rings is 2. The highest BCUT2D eigenvalue weighted by Crippen LogP contribution is 2.30. The van der Waals surface area contributed by atoms with Crippen molar-refractivity contribution in [3.63, 3.8) is 0 Å². The number of carbonyl (C=O) groups excluding carboxylic acids is 1. The third-order valence-corrected chi connectivity index (χ3v) is 6.92. The number of carbonyl (C=O) groups is 1. The van der Waals surface area contributed by atoms with Crippen molar-refractivity contribution < 1.29 is 13.2 Å². The third kappa shape index (κ3) is 5.21. The van der Waals surface area contributed by atoms with Gasteiger partial charge in [0.2, 0.25) is 10.0 Å². The molecule has 0 aliphatic carbocycles. The molecule has 2 aromatic rings. The fourth-order valence-corrected chi connectivity index (χ4v) is 5.08. The van der Waals surface area contributed by atoms with Gasteiger partial charge in [0.15, 0.2) is 0 Å². The van der Waals surface area contributed by atoms with Crippen LogP contribution in [0.15, 0.2) is 48.5 Å². The second-order valence-electron chi connectivity index (χ2n) is 7.70. The van der Waals surface area contributed by atoms with Crippen LogP contribution in [0.1, 0.15) is 35.3 Å². The van der Waals surface area contributed by atoms with E-state index in [2.05, 4.69) is 36.2 Å². The Bertz CT molecular complexity index is 972. The van der Waals surface area contributed by atoms with E-state index >= 15 is 0 Å². The van der Waals surface area contributed by atoms with Gasteiger partial charge in [0.1, 0.15) is 0 Å². The quantitative estimate of drug-likeness (QED) is 0.665. The van der Waals surface area contributed by atoms with E-state index in [1.807, 2.05) is 24.3 Å². The minimum Gasteiger partial charge on any atom is -0.350 e. The van der Waals surface area contributed by atoms with Gasteiger partial charge < -0.3 is 5.32 Å².